The van der Waals surface area contributed by atoms with Crippen molar-refractivity contribution in [2.24, 2.45) is 5.92 Å². The number of nitrogens with zero attached hydrogens (tertiary/aromatic N) is 5. The molecule has 11 heteroatoms. The van der Waals surface area contributed by atoms with Gasteiger partial charge in [0.25, 0.3) is 0 Å². The van der Waals surface area contributed by atoms with Crippen LogP contribution in [-0.4, -0.2) is 62.0 Å². The highest BCUT2D eigenvalue weighted by atomic mass is 19.4. The summed E-state index contributed by atoms with van der Waals surface area (Å²) in [5.74, 6) is -0.470. The fourth-order valence-electron chi connectivity index (χ4n) is 5.02. The van der Waals surface area contributed by atoms with Gasteiger partial charge in [0, 0.05) is 25.8 Å². The van der Waals surface area contributed by atoms with Gasteiger partial charge in [-0.15, -0.1) is 0 Å². The van der Waals surface area contributed by atoms with Gasteiger partial charge in [-0.25, -0.2) is 9.80 Å². The van der Waals surface area contributed by atoms with E-state index < -0.39 is 34.4 Å². The number of amides is 2. The third kappa shape index (κ3) is 5.06. The number of rotatable bonds is 6. The maximum Gasteiger partial charge on any atom is 0.423 e. The molecule has 4 rings (SSSR count). The Morgan fingerprint density at radius 2 is 1.89 bits per heavy atom. The van der Waals surface area contributed by atoms with Gasteiger partial charge >= 0.3 is 12.2 Å². The number of nitriles is 1. The summed E-state index contributed by atoms with van der Waals surface area (Å²) in [5, 5.41) is 29.9. The van der Waals surface area contributed by atoms with Gasteiger partial charge in [-0.05, 0) is 62.5 Å². The maximum atomic E-state index is 14.0. The Bertz CT molecular complexity index is 1230. The molecule has 2 heterocycles. The van der Waals surface area contributed by atoms with Gasteiger partial charge in [0.05, 0.1) is 53.6 Å². The van der Waals surface area contributed by atoms with Crippen LogP contribution < -0.4 is 15.2 Å². The number of hydrazine groups is 1. The number of benzene rings is 2. The van der Waals surface area contributed by atoms with E-state index in [9.17, 15) is 23.2 Å². The molecule has 2 amide bonds. The Morgan fingerprint density at radius 3 is 2.51 bits per heavy atom. The zero-order valence-corrected chi connectivity index (χ0v) is 20.9. The molecule has 2 aromatic carbocycles. The number of hydrogen-bond acceptors (Lipinski definition) is 6. The molecule has 196 valence electrons. The Balaban J connectivity index is 1.77. The highest BCUT2D eigenvalue weighted by Crippen LogP contribution is 2.40. The summed E-state index contributed by atoms with van der Waals surface area (Å²) < 4.78 is 39.3. The Morgan fingerprint density at radius 1 is 1.19 bits per heavy atom. The first-order valence-electron chi connectivity index (χ1n) is 12.0. The van der Waals surface area contributed by atoms with Crippen LogP contribution in [0.25, 0.3) is 0 Å². The zero-order valence-electron chi connectivity index (χ0n) is 20.9. The van der Waals surface area contributed by atoms with Gasteiger partial charge in [0.15, 0.2) is 0 Å². The van der Waals surface area contributed by atoms with Gasteiger partial charge < -0.3 is 10.5 Å². The van der Waals surface area contributed by atoms with Gasteiger partial charge in [0.2, 0.25) is 0 Å². The van der Waals surface area contributed by atoms with Crippen LogP contribution in [0.1, 0.15) is 18.1 Å². The lowest BCUT2D eigenvalue weighted by Gasteiger charge is -2.52. The molecule has 1 saturated heterocycles. The second-order valence-corrected chi connectivity index (χ2v) is 9.39. The SMILES string of the molecule is CNCC[N+]1([O-])CC(C2=CCN(C)N2c2ccc(C#N)cc2)C(C)N(c2cccc(C(F)(F)F)c2)C1=O. The third-order valence-electron chi connectivity index (χ3n) is 6.98. The fourth-order valence-corrected chi connectivity index (χ4v) is 5.02. The van der Waals surface area contributed by atoms with Gasteiger partial charge in [-0.3, -0.25) is 14.6 Å². The van der Waals surface area contributed by atoms with E-state index in [1.807, 2.05) is 23.1 Å². The van der Waals surface area contributed by atoms with Gasteiger partial charge in [0.1, 0.15) is 0 Å². The van der Waals surface area contributed by atoms with Crippen molar-refractivity contribution in [1.29, 1.82) is 5.26 Å². The van der Waals surface area contributed by atoms with Crippen molar-refractivity contribution < 1.29 is 22.6 Å². The number of carbonyl (C=O) groups is 1. The van der Waals surface area contributed by atoms with Crippen LogP contribution in [0.5, 0.6) is 0 Å². The molecular formula is C26H29F3N6O2. The molecule has 2 aromatic rings. The summed E-state index contributed by atoms with van der Waals surface area (Å²) in [5.41, 5.74) is 1.22. The summed E-state index contributed by atoms with van der Waals surface area (Å²) in [7, 11) is 3.55. The van der Waals surface area contributed by atoms with Crippen LogP contribution in [-0.2, 0) is 6.18 Å². The van der Waals surface area contributed by atoms with Crippen molar-refractivity contribution >= 4 is 17.4 Å². The number of hydroxylamine groups is 3. The van der Waals surface area contributed by atoms with Crippen molar-refractivity contribution in [1.82, 2.24) is 10.3 Å². The largest absolute Gasteiger partial charge is 0.624 e. The summed E-state index contributed by atoms with van der Waals surface area (Å²) in [6, 6.07) is 12.3. The lowest BCUT2D eigenvalue weighted by atomic mass is 9.91. The lowest BCUT2D eigenvalue weighted by molar-refractivity contribution is -0.804. The van der Waals surface area contributed by atoms with Crippen molar-refractivity contribution in [2.45, 2.75) is 19.1 Å². The quantitative estimate of drug-likeness (QED) is 0.457. The molecule has 1 N–H and O–H groups in total. The molecule has 0 aromatic heterocycles. The summed E-state index contributed by atoms with van der Waals surface area (Å²) in [6.07, 6.45) is -2.61. The number of halogens is 3. The monoisotopic (exact) mass is 514 g/mol. The average molecular weight is 515 g/mol. The fraction of sp³-hybridized carbons (Fsp3) is 0.385. The lowest BCUT2D eigenvalue weighted by Crippen LogP contribution is -2.68. The average Bonchev–Trinajstić information content (AvgIpc) is 3.26. The van der Waals surface area contributed by atoms with Crippen molar-refractivity contribution in [3.05, 3.63) is 76.6 Å². The van der Waals surface area contributed by atoms with E-state index in [1.54, 1.807) is 38.2 Å². The van der Waals surface area contributed by atoms with Crippen LogP contribution in [0.3, 0.4) is 0 Å². The standard InChI is InChI=1S/C26H29F3N6O2/c1-18-23(24-11-13-32(3)34(24)21-9-7-19(16-30)8-10-21)17-35(37,14-12-31-2)25(36)33(18)22-6-4-5-20(15-22)26(27,28)29/h4-11,15,18,23,31H,12-14,17H2,1-3H3. The molecule has 2 aliphatic heterocycles. The Kier molecular flexibility index (Phi) is 7.30. The molecule has 3 unspecified atom stereocenters. The van der Waals surface area contributed by atoms with E-state index in [2.05, 4.69) is 11.4 Å². The van der Waals surface area contributed by atoms with Crippen molar-refractivity contribution in [3.8, 4) is 6.07 Å². The molecule has 37 heavy (non-hydrogen) atoms. The summed E-state index contributed by atoms with van der Waals surface area (Å²) >= 11 is 0. The predicted octanol–water partition coefficient (Wildman–Crippen LogP) is 4.31. The first-order valence-corrected chi connectivity index (χ1v) is 12.0. The summed E-state index contributed by atoms with van der Waals surface area (Å²) in [6.45, 7) is 2.47. The van der Waals surface area contributed by atoms with Crippen LogP contribution in [0, 0.1) is 22.5 Å². The molecular weight excluding hydrogens is 485 g/mol. The second-order valence-electron chi connectivity index (χ2n) is 9.39. The first-order chi connectivity index (χ1) is 17.5. The number of anilines is 2. The minimum Gasteiger partial charge on any atom is -0.624 e. The molecule has 0 saturated carbocycles. The highest BCUT2D eigenvalue weighted by molar-refractivity contribution is 5.89. The van der Waals surface area contributed by atoms with Crippen LogP contribution in [0.15, 0.2) is 60.3 Å². The topological polar surface area (TPSA) is 85.7 Å². The molecule has 1 fully saturated rings. The smallest absolute Gasteiger partial charge is 0.423 e. The number of quaternary nitrogens is 1. The molecule has 0 bridgehead atoms. The number of urea groups is 1. The zero-order chi connectivity index (χ0) is 27.0. The Labute approximate surface area is 213 Å². The van der Waals surface area contributed by atoms with E-state index in [0.717, 1.165) is 23.5 Å². The van der Waals surface area contributed by atoms with Crippen molar-refractivity contribution in [2.75, 3.05) is 50.2 Å². The van der Waals surface area contributed by atoms with Crippen molar-refractivity contribution in [3.63, 3.8) is 0 Å². The highest BCUT2D eigenvalue weighted by Gasteiger charge is 2.50. The number of nitrogens with one attached hydrogen (secondary N) is 1. The molecule has 3 atom stereocenters. The van der Waals surface area contributed by atoms with Crippen LogP contribution in [0.2, 0.25) is 0 Å². The number of alkyl halides is 3. The third-order valence-corrected chi connectivity index (χ3v) is 6.98. The minimum absolute atomic E-state index is 0.0386. The number of carbonyl (C=O) groups excluding carboxylic acids is 1. The number of hydrogen-bond donors (Lipinski definition) is 1. The summed E-state index contributed by atoms with van der Waals surface area (Å²) in [4.78, 5) is 14.8. The normalized spacial score (nSPS) is 24.8. The van der Waals surface area contributed by atoms with E-state index in [1.165, 1.54) is 17.0 Å². The van der Waals surface area contributed by atoms with E-state index in [-0.39, 0.29) is 25.3 Å². The second kappa shape index (κ2) is 10.1. The number of likely N-dealkylation sites (N-methyl/N-ethyl adjacent to an activating group) is 2. The first kappa shape index (κ1) is 26.6. The molecule has 8 nitrogen and oxygen atoms in total. The van der Waals surface area contributed by atoms with Crippen LogP contribution >= 0.6 is 0 Å². The minimum atomic E-state index is -4.59. The van der Waals surface area contributed by atoms with Crippen LogP contribution in [0.4, 0.5) is 29.3 Å². The van der Waals surface area contributed by atoms with E-state index in [4.69, 9.17) is 5.26 Å². The molecule has 2 aliphatic rings. The van der Waals surface area contributed by atoms with E-state index >= 15 is 0 Å². The molecule has 0 radical (unpaired) electrons. The Hall–Kier alpha value is -3.43. The predicted molar refractivity (Wildman–Crippen MR) is 134 cm³/mol. The molecule has 0 spiro atoms. The van der Waals surface area contributed by atoms with Gasteiger partial charge in [-0.2, -0.15) is 18.4 Å². The van der Waals surface area contributed by atoms with E-state index in [0.29, 0.717) is 12.1 Å². The van der Waals surface area contributed by atoms with Gasteiger partial charge in [-0.1, -0.05) is 6.07 Å². The molecule has 0 aliphatic carbocycles. The maximum absolute atomic E-state index is 14.0.